The van der Waals surface area contributed by atoms with E-state index < -0.39 is 16.1 Å². The van der Waals surface area contributed by atoms with Crippen LogP contribution < -0.4 is 14.4 Å². The summed E-state index contributed by atoms with van der Waals surface area (Å²) in [5.41, 5.74) is 0.492. The van der Waals surface area contributed by atoms with E-state index in [0.717, 1.165) is 25.7 Å². The molecular weight excluding hydrogens is 316 g/mol. The van der Waals surface area contributed by atoms with Crippen LogP contribution in [0.15, 0.2) is 24.3 Å². The third kappa shape index (κ3) is 3.60. The molecule has 1 aliphatic carbocycles. The predicted octanol–water partition coefficient (Wildman–Crippen LogP) is 1.66. The second kappa shape index (κ2) is 6.39. The first-order valence-electron chi connectivity index (χ1n) is 7.99. The van der Waals surface area contributed by atoms with Gasteiger partial charge in [-0.2, -0.15) is 0 Å². The minimum absolute atomic E-state index is 0.151. The maximum Gasteiger partial charge on any atom is 0.261 e. The van der Waals surface area contributed by atoms with Gasteiger partial charge in [0.15, 0.2) is 6.10 Å². The summed E-state index contributed by atoms with van der Waals surface area (Å²) in [6.07, 6.45) is 5.13. The molecule has 6 nitrogen and oxygen atoms in total. The Hall–Kier alpha value is -1.76. The number of nitrogens with one attached hydrogen (secondary N) is 1. The van der Waals surface area contributed by atoms with Crippen LogP contribution in [-0.4, -0.2) is 39.3 Å². The van der Waals surface area contributed by atoms with E-state index >= 15 is 0 Å². The molecule has 0 radical (unpaired) electrons. The van der Waals surface area contributed by atoms with Crippen LogP contribution in [0.2, 0.25) is 0 Å². The molecule has 23 heavy (non-hydrogen) atoms. The monoisotopic (exact) mass is 338 g/mol. The molecule has 1 fully saturated rings. The van der Waals surface area contributed by atoms with Gasteiger partial charge in [-0.25, -0.2) is 8.42 Å². The van der Waals surface area contributed by atoms with E-state index in [4.69, 9.17) is 4.74 Å². The van der Waals surface area contributed by atoms with Gasteiger partial charge < -0.3 is 10.1 Å². The van der Waals surface area contributed by atoms with E-state index in [2.05, 4.69) is 5.32 Å². The first-order valence-corrected chi connectivity index (χ1v) is 9.84. The fourth-order valence-electron chi connectivity index (χ4n) is 3.22. The van der Waals surface area contributed by atoms with E-state index in [1.807, 2.05) is 0 Å². The van der Waals surface area contributed by atoms with E-state index in [1.54, 1.807) is 24.3 Å². The Morgan fingerprint density at radius 2 is 1.91 bits per heavy atom. The minimum Gasteiger partial charge on any atom is -0.478 e. The molecule has 1 N–H and O–H groups in total. The lowest BCUT2D eigenvalue weighted by atomic mass is 10.2. The summed E-state index contributed by atoms with van der Waals surface area (Å²) in [7, 11) is -3.41. The van der Waals surface area contributed by atoms with Gasteiger partial charge in [-0.05, 0) is 25.0 Å². The van der Waals surface area contributed by atoms with Crippen molar-refractivity contribution in [2.45, 2.75) is 44.2 Å². The van der Waals surface area contributed by atoms with Gasteiger partial charge in [0.1, 0.15) is 5.75 Å². The number of carbonyl (C=O) groups is 1. The SMILES string of the molecule is CS(=O)(=O)N1CC[C@H](C(=O)NC2CCCC2)Oc2ccccc21. The largest absolute Gasteiger partial charge is 0.478 e. The highest BCUT2D eigenvalue weighted by atomic mass is 32.2. The lowest BCUT2D eigenvalue weighted by molar-refractivity contribution is -0.128. The van der Waals surface area contributed by atoms with Crippen LogP contribution in [0.1, 0.15) is 32.1 Å². The van der Waals surface area contributed by atoms with Crippen LogP contribution in [0.4, 0.5) is 5.69 Å². The molecule has 0 aromatic heterocycles. The predicted molar refractivity (Wildman–Crippen MR) is 88.1 cm³/mol. The van der Waals surface area contributed by atoms with Crippen LogP contribution in [0.25, 0.3) is 0 Å². The first kappa shape index (κ1) is 16.1. The lowest BCUT2D eigenvalue weighted by Gasteiger charge is -2.20. The number of ether oxygens (including phenoxy) is 1. The number of nitrogens with zero attached hydrogens (tertiary/aromatic N) is 1. The molecule has 1 atom stereocenters. The maximum absolute atomic E-state index is 12.5. The molecular formula is C16H22N2O4S. The van der Waals surface area contributed by atoms with Crippen molar-refractivity contribution in [2.75, 3.05) is 17.1 Å². The molecule has 1 aromatic carbocycles. The molecule has 0 saturated heterocycles. The summed E-state index contributed by atoms with van der Waals surface area (Å²) >= 11 is 0. The molecule has 1 aliphatic heterocycles. The summed E-state index contributed by atoms with van der Waals surface area (Å²) in [6.45, 7) is 0.235. The number of benzene rings is 1. The van der Waals surface area contributed by atoms with Crippen LogP contribution in [-0.2, 0) is 14.8 Å². The van der Waals surface area contributed by atoms with Crippen LogP contribution in [0, 0.1) is 0 Å². The highest BCUT2D eigenvalue weighted by molar-refractivity contribution is 7.92. The summed E-state index contributed by atoms with van der Waals surface area (Å²) in [6, 6.07) is 7.16. The number of para-hydroxylation sites is 2. The second-order valence-corrected chi connectivity index (χ2v) is 8.09. The first-order chi connectivity index (χ1) is 10.9. The highest BCUT2D eigenvalue weighted by Gasteiger charge is 2.32. The van der Waals surface area contributed by atoms with Gasteiger partial charge in [-0.15, -0.1) is 0 Å². The number of anilines is 1. The van der Waals surface area contributed by atoms with Crippen LogP contribution in [0.3, 0.4) is 0 Å². The van der Waals surface area contributed by atoms with Gasteiger partial charge in [0.05, 0.1) is 11.9 Å². The van der Waals surface area contributed by atoms with E-state index in [9.17, 15) is 13.2 Å². The molecule has 0 bridgehead atoms. The van der Waals surface area contributed by atoms with Gasteiger partial charge in [0.25, 0.3) is 5.91 Å². The number of amides is 1. The zero-order chi connectivity index (χ0) is 16.4. The molecule has 2 aliphatic rings. The summed E-state index contributed by atoms with van der Waals surface area (Å²) in [4.78, 5) is 12.5. The Bertz CT molecular complexity index is 683. The highest BCUT2D eigenvalue weighted by Crippen LogP contribution is 2.33. The Morgan fingerprint density at radius 3 is 2.61 bits per heavy atom. The molecule has 0 spiro atoms. The Balaban J connectivity index is 1.81. The summed E-state index contributed by atoms with van der Waals surface area (Å²) < 4.78 is 31.2. The van der Waals surface area contributed by atoms with Crippen molar-refractivity contribution >= 4 is 21.6 Å². The van der Waals surface area contributed by atoms with Crippen molar-refractivity contribution in [1.29, 1.82) is 0 Å². The van der Waals surface area contributed by atoms with Gasteiger partial charge in [-0.3, -0.25) is 9.10 Å². The number of carbonyl (C=O) groups excluding carboxylic acids is 1. The average Bonchev–Trinajstić information content (AvgIpc) is 2.90. The van der Waals surface area contributed by atoms with E-state index in [-0.39, 0.29) is 18.5 Å². The third-order valence-corrected chi connectivity index (χ3v) is 5.57. The number of fused-ring (bicyclic) bond motifs is 1. The Morgan fingerprint density at radius 1 is 1.22 bits per heavy atom. The second-order valence-electron chi connectivity index (χ2n) is 6.19. The topological polar surface area (TPSA) is 75.7 Å². The smallest absolute Gasteiger partial charge is 0.261 e. The van der Waals surface area contributed by atoms with Gasteiger partial charge in [0.2, 0.25) is 10.0 Å². The van der Waals surface area contributed by atoms with Gasteiger partial charge in [0, 0.05) is 19.0 Å². The van der Waals surface area contributed by atoms with Crippen molar-refractivity contribution in [2.24, 2.45) is 0 Å². The maximum atomic E-state index is 12.5. The summed E-state index contributed by atoms with van der Waals surface area (Å²) in [5.74, 6) is 0.282. The number of rotatable bonds is 3. The number of hydrogen-bond acceptors (Lipinski definition) is 4. The normalized spacial score (nSPS) is 22.1. The minimum atomic E-state index is -3.41. The lowest BCUT2D eigenvalue weighted by Crippen LogP contribution is -2.43. The molecule has 1 saturated carbocycles. The molecule has 1 amide bonds. The van der Waals surface area contributed by atoms with Crippen molar-refractivity contribution < 1.29 is 17.9 Å². The van der Waals surface area contributed by atoms with Crippen molar-refractivity contribution in [1.82, 2.24) is 5.32 Å². The third-order valence-electron chi connectivity index (χ3n) is 4.39. The molecule has 1 aromatic rings. The fraction of sp³-hybridized carbons (Fsp3) is 0.562. The van der Waals surface area contributed by atoms with Crippen LogP contribution in [0.5, 0.6) is 5.75 Å². The fourth-order valence-corrected chi connectivity index (χ4v) is 4.17. The van der Waals surface area contributed by atoms with E-state index in [0.29, 0.717) is 17.9 Å². The number of hydrogen-bond donors (Lipinski definition) is 1. The van der Waals surface area contributed by atoms with Gasteiger partial charge >= 0.3 is 0 Å². The average molecular weight is 338 g/mol. The number of sulfonamides is 1. The van der Waals surface area contributed by atoms with Crippen molar-refractivity contribution in [3.63, 3.8) is 0 Å². The van der Waals surface area contributed by atoms with Gasteiger partial charge in [-0.1, -0.05) is 25.0 Å². The van der Waals surface area contributed by atoms with Crippen molar-refractivity contribution in [3.8, 4) is 5.75 Å². The van der Waals surface area contributed by atoms with Crippen LogP contribution >= 0.6 is 0 Å². The standard InChI is InChI=1S/C16H22N2O4S/c1-23(20,21)18-11-10-15(16(19)17-12-6-2-3-7-12)22-14-9-5-4-8-13(14)18/h4-5,8-9,12,15H,2-3,6-7,10-11H2,1H3,(H,17,19)/t15-/m1/s1. The summed E-state index contributed by atoms with van der Waals surface area (Å²) in [5, 5.41) is 3.03. The Labute approximate surface area is 136 Å². The zero-order valence-corrected chi connectivity index (χ0v) is 14.0. The molecule has 3 rings (SSSR count). The molecule has 0 unspecified atom stereocenters. The zero-order valence-electron chi connectivity index (χ0n) is 13.2. The molecule has 7 heteroatoms. The quantitative estimate of drug-likeness (QED) is 0.909. The van der Waals surface area contributed by atoms with Crippen molar-refractivity contribution in [3.05, 3.63) is 24.3 Å². The molecule has 126 valence electrons. The Kier molecular flexibility index (Phi) is 4.48. The van der Waals surface area contributed by atoms with E-state index in [1.165, 1.54) is 10.6 Å². The molecule has 1 heterocycles.